The van der Waals surface area contributed by atoms with Crippen LogP contribution in [-0.2, 0) is 0 Å². The van der Waals surface area contributed by atoms with Gasteiger partial charge in [-0.1, -0.05) is 11.6 Å². The van der Waals surface area contributed by atoms with E-state index in [1.165, 1.54) is 31.5 Å². The largest absolute Gasteiger partial charge is 0.494 e. The molecule has 0 unspecified atom stereocenters. The van der Waals surface area contributed by atoms with Crippen molar-refractivity contribution < 1.29 is 13.5 Å². The number of nitrogens with one attached hydrogen (secondary N) is 1. The third-order valence-electron chi connectivity index (χ3n) is 3.21. The number of pyridine rings is 2. The minimum Gasteiger partial charge on any atom is -0.494 e. The molecule has 0 spiro atoms. The monoisotopic (exact) mass is 322 g/mol. The summed E-state index contributed by atoms with van der Waals surface area (Å²) in [5, 5.41) is 0.222. The van der Waals surface area contributed by atoms with E-state index in [0.29, 0.717) is 0 Å². The number of aromatic amines is 1. The molecule has 0 atom stereocenters. The number of hydrogen-bond acceptors (Lipinski definition) is 3. The first-order valence-corrected chi connectivity index (χ1v) is 6.61. The lowest BCUT2D eigenvalue weighted by molar-refractivity contribution is 0.385. The Morgan fingerprint density at radius 2 is 2.05 bits per heavy atom. The fraction of sp³-hybridized carbons (Fsp3) is 0.0667. The molecule has 0 bridgehead atoms. The maximum Gasteiger partial charge on any atom is 0.258 e. The van der Waals surface area contributed by atoms with Crippen LogP contribution in [-0.4, -0.2) is 17.1 Å². The fourth-order valence-corrected chi connectivity index (χ4v) is 2.49. The number of nitrogens with zero attached hydrogens (tertiary/aromatic N) is 1. The Hall–Kier alpha value is -2.47. The van der Waals surface area contributed by atoms with E-state index in [1.807, 2.05) is 0 Å². The van der Waals surface area contributed by atoms with Crippen LogP contribution in [0.2, 0.25) is 5.02 Å². The molecule has 0 saturated carbocycles. The van der Waals surface area contributed by atoms with Gasteiger partial charge >= 0.3 is 0 Å². The molecule has 0 radical (unpaired) electrons. The first-order valence-electron chi connectivity index (χ1n) is 6.23. The van der Waals surface area contributed by atoms with E-state index in [9.17, 15) is 13.6 Å². The number of methoxy groups -OCH3 is 1. The van der Waals surface area contributed by atoms with E-state index in [1.54, 1.807) is 0 Å². The second-order valence-corrected chi connectivity index (χ2v) is 4.90. The van der Waals surface area contributed by atoms with Gasteiger partial charge < -0.3 is 9.72 Å². The van der Waals surface area contributed by atoms with Crippen molar-refractivity contribution in [3.8, 4) is 17.0 Å². The lowest BCUT2D eigenvalue weighted by Crippen LogP contribution is -2.06. The third kappa shape index (κ3) is 2.21. The molecule has 0 aliphatic carbocycles. The highest BCUT2D eigenvalue weighted by atomic mass is 35.5. The molecule has 0 aliphatic rings. The van der Waals surface area contributed by atoms with Gasteiger partial charge in [-0.25, -0.2) is 13.8 Å². The van der Waals surface area contributed by atoms with E-state index < -0.39 is 17.2 Å². The number of aromatic nitrogens is 2. The summed E-state index contributed by atoms with van der Waals surface area (Å²) in [6, 6.07) is 5.01. The summed E-state index contributed by atoms with van der Waals surface area (Å²) in [5.41, 5.74) is -0.554. The molecule has 0 fully saturated rings. The number of rotatable bonds is 2. The zero-order valence-electron chi connectivity index (χ0n) is 11.3. The molecule has 22 heavy (non-hydrogen) atoms. The second kappa shape index (κ2) is 5.38. The van der Waals surface area contributed by atoms with Gasteiger partial charge in [-0.2, -0.15) is 0 Å². The maximum absolute atomic E-state index is 14.3. The van der Waals surface area contributed by atoms with Crippen LogP contribution in [0.1, 0.15) is 0 Å². The van der Waals surface area contributed by atoms with E-state index in [0.717, 1.165) is 6.07 Å². The zero-order chi connectivity index (χ0) is 15.9. The standard InChI is InChI=1S/C15H9ClF2N2O2/c1-22-11-3-2-8(17)13(14(11)18)10-6-7(16)12-9(20-10)4-5-19-15(12)21/h2-6H,1H3,(H,19,21). The minimum atomic E-state index is -0.879. The van der Waals surface area contributed by atoms with Gasteiger partial charge in [0.05, 0.1) is 34.3 Å². The molecular weight excluding hydrogens is 314 g/mol. The van der Waals surface area contributed by atoms with Crippen molar-refractivity contribution in [1.29, 1.82) is 0 Å². The summed E-state index contributed by atoms with van der Waals surface area (Å²) >= 11 is 6.06. The molecule has 1 aromatic carbocycles. The Bertz CT molecular complexity index is 941. The van der Waals surface area contributed by atoms with Crippen LogP contribution in [0.4, 0.5) is 8.78 Å². The fourth-order valence-electron chi connectivity index (χ4n) is 2.20. The summed E-state index contributed by atoms with van der Waals surface area (Å²) in [6.45, 7) is 0. The first-order chi connectivity index (χ1) is 10.5. The van der Waals surface area contributed by atoms with Gasteiger partial charge in [-0.15, -0.1) is 0 Å². The molecule has 3 rings (SSSR count). The van der Waals surface area contributed by atoms with Crippen LogP contribution < -0.4 is 10.3 Å². The van der Waals surface area contributed by atoms with Gasteiger partial charge in [0, 0.05) is 6.20 Å². The Labute approximate surface area is 128 Å². The number of fused-ring (bicyclic) bond motifs is 1. The van der Waals surface area contributed by atoms with Gasteiger partial charge in [0.25, 0.3) is 5.56 Å². The molecule has 3 aromatic rings. The lowest BCUT2D eigenvalue weighted by atomic mass is 10.1. The molecular formula is C15H9ClF2N2O2. The van der Waals surface area contributed by atoms with Crippen LogP contribution in [0.3, 0.4) is 0 Å². The number of halogens is 3. The van der Waals surface area contributed by atoms with Gasteiger partial charge in [0.1, 0.15) is 5.82 Å². The van der Waals surface area contributed by atoms with Crippen molar-refractivity contribution in [2.75, 3.05) is 7.11 Å². The highest BCUT2D eigenvalue weighted by Crippen LogP contribution is 2.33. The Kier molecular flexibility index (Phi) is 3.54. The van der Waals surface area contributed by atoms with Gasteiger partial charge in [0.2, 0.25) is 0 Å². The van der Waals surface area contributed by atoms with Gasteiger partial charge in [-0.3, -0.25) is 4.79 Å². The summed E-state index contributed by atoms with van der Waals surface area (Å²) < 4.78 is 33.2. The summed E-state index contributed by atoms with van der Waals surface area (Å²) in [6.07, 6.45) is 1.38. The van der Waals surface area contributed by atoms with Crippen molar-refractivity contribution in [1.82, 2.24) is 9.97 Å². The van der Waals surface area contributed by atoms with Crippen LogP contribution in [0, 0.1) is 11.6 Å². The van der Waals surface area contributed by atoms with Crippen molar-refractivity contribution in [3.63, 3.8) is 0 Å². The van der Waals surface area contributed by atoms with E-state index in [-0.39, 0.29) is 32.9 Å². The summed E-state index contributed by atoms with van der Waals surface area (Å²) in [4.78, 5) is 18.3. The molecule has 1 N–H and O–H groups in total. The van der Waals surface area contributed by atoms with E-state index in [2.05, 4.69) is 9.97 Å². The topological polar surface area (TPSA) is 55.0 Å². The van der Waals surface area contributed by atoms with Crippen LogP contribution >= 0.6 is 11.6 Å². The molecule has 7 heteroatoms. The number of hydrogen-bond donors (Lipinski definition) is 1. The Morgan fingerprint density at radius 1 is 1.27 bits per heavy atom. The maximum atomic E-state index is 14.3. The number of H-pyrrole nitrogens is 1. The molecule has 0 aliphatic heterocycles. The van der Waals surface area contributed by atoms with E-state index >= 15 is 0 Å². The molecule has 0 saturated heterocycles. The zero-order valence-corrected chi connectivity index (χ0v) is 12.0. The van der Waals surface area contributed by atoms with Crippen LogP contribution in [0.5, 0.6) is 5.75 Å². The Morgan fingerprint density at radius 3 is 2.77 bits per heavy atom. The van der Waals surface area contributed by atoms with E-state index in [4.69, 9.17) is 16.3 Å². The Balaban J connectivity index is 2.35. The lowest BCUT2D eigenvalue weighted by Gasteiger charge is -2.10. The normalized spacial score (nSPS) is 10.9. The molecule has 2 heterocycles. The van der Waals surface area contributed by atoms with Crippen molar-refractivity contribution in [3.05, 3.63) is 57.5 Å². The minimum absolute atomic E-state index is 0.0167. The number of ether oxygens (including phenoxy) is 1. The first kappa shape index (κ1) is 14.5. The highest BCUT2D eigenvalue weighted by molar-refractivity contribution is 6.35. The van der Waals surface area contributed by atoms with Crippen molar-refractivity contribution in [2.24, 2.45) is 0 Å². The summed E-state index contributed by atoms with van der Waals surface area (Å²) in [5.74, 6) is -1.79. The quantitative estimate of drug-likeness (QED) is 0.785. The predicted octanol–water partition coefficient (Wildman–Crippen LogP) is 3.53. The van der Waals surface area contributed by atoms with Crippen LogP contribution in [0.25, 0.3) is 22.2 Å². The average molecular weight is 323 g/mol. The molecule has 0 amide bonds. The molecule has 4 nitrogen and oxygen atoms in total. The smallest absolute Gasteiger partial charge is 0.258 e. The van der Waals surface area contributed by atoms with Crippen LogP contribution in [0.15, 0.2) is 35.3 Å². The highest BCUT2D eigenvalue weighted by Gasteiger charge is 2.19. The van der Waals surface area contributed by atoms with Crippen molar-refractivity contribution >= 4 is 22.5 Å². The predicted molar refractivity (Wildman–Crippen MR) is 79.3 cm³/mol. The summed E-state index contributed by atoms with van der Waals surface area (Å²) in [7, 11) is 1.28. The molecule has 2 aromatic heterocycles. The number of benzene rings is 1. The van der Waals surface area contributed by atoms with Gasteiger partial charge in [0.15, 0.2) is 11.6 Å². The SMILES string of the molecule is COc1ccc(F)c(-c2cc(Cl)c3c(=O)[nH]ccc3n2)c1F. The molecule has 112 valence electrons. The third-order valence-corrected chi connectivity index (χ3v) is 3.51. The average Bonchev–Trinajstić information content (AvgIpc) is 2.47. The van der Waals surface area contributed by atoms with Gasteiger partial charge in [-0.05, 0) is 24.3 Å². The second-order valence-electron chi connectivity index (χ2n) is 4.49. The van der Waals surface area contributed by atoms with Crippen molar-refractivity contribution in [2.45, 2.75) is 0 Å².